The molecule has 0 saturated heterocycles. The molecule has 0 rings (SSSR count). The molecule has 0 bridgehead atoms. The van der Waals surface area contributed by atoms with Crippen LogP contribution in [0.25, 0.3) is 0 Å². The number of hydrogen-bond acceptors (Lipinski definition) is 3. The van der Waals surface area contributed by atoms with Gasteiger partial charge >= 0.3 is 0 Å². The van der Waals surface area contributed by atoms with Gasteiger partial charge in [0.1, 0.15) is 0 Å². The third-order valence-corrected chi connectivity index (χ3v) is 0.734. The summed E-state index contributed by atoms with van der Waals surface area (Å²) in [7, 11) is 0. The van der Waals surface area contributed by atoms with E-state index in [1.54, 1.807) is 6.21 Å². The van der Waals surface area contributed by atoms with Gasteiger partial charge in [-0.3, -0.25) is 4.99 Å². The Morgan fingerprint density at radius 2 is 2.33 bits per heavy atom. The first-order valence-corrected chi connectivity index (χ1v) is 2.81. The summed E-state index contributed by atoms with van der Waals surface area (Å²) in [6, 6.07) is 0. The molecule has 3 heteroatoms. The van der Waals surface area contributed by atoms with E-state index in [1.807, 2.05) is 13.8 Å². The van der Waals surface area contributed by atoms with E-state index in [1.165, 1.54) is 0 Å². The van der Waals surface area contributed by atoms with Crippen LogP contribution < -0.4 is 0 Å². The van der Waals surface area contributed by atoms with Crippen molar-refractivity contribution in [2.45, 2.75) is 13.8 Å². The minimum absolute atomic E-state index is 0.787. The van der Waals surface area contributed by atoms with Crippen molar-refractivity contribution in [1.82, 2.24) is 0 Å². The molecule has 0 N–H and O–H groups in total. The quantitative estimate of drug-likeness (QED) is 0.401. The fourth-order valence-corrected chi connectivity index (χ4v) is 0.415. The Bertz CT molecular complexity index is 135. The van der Waals surface area contributed by atoms with Gasteiger partial charge in [0.25, 0.3) is 0 Å². The Balaban J connectivity index is 3.74. The molecule has 0 heterocycles. The monoisotopic (exact) mass is 125 g/mol. The van der Waals surface area contributed by atoms with Crippen LogP contribution in [-0.2, 0) is 0 Å². The molecule has 0 saturated carbocycles. The van der Waals surface area contributed by atoms with Crippen LogP contribution in [0.2, 0.25) is 0 Å². The molecule has 0 aromatic heterocycles. The van der Waals surface area contributed by atoms with Crippen LogP contribution in [0.3, 0.4) is 0 Å². The summed E-state index contributed by atoms with van der Waals surface area (Å²) in [5.41, 5.74) is 0.880. The molecule has 0 aliphatic heterocycles. The minimum Gasteiger partial charge on any atom is -0.289 e. The standard InChI is InChI=1S/C6H11N3/c1-4-8-6(2)5-9-7-3/h5H,3-4H2,1-2H3/b8-6-,9-5+. The zero-order valence-corrected chi connectivity index (χ0v) is 5.83. The topological polar surface area (TPSA) is 37.1 Å². The second-order valence-corrected chi connectivity index (χ2v) is 1.50. The third kappa shape index (κ3) is 4.87. The summed E-state index contributed by atoms with van der Waals surface area (Å²) in [5, 5.41) is 6.84. The molecule has 0 radical (unpaired) electrons. The summed E-state index contributed by atoms with van der Waals surface area (Å²) >= 11 is 0. The molecule has 0 aliphatic carbocycles. The molecule has 0 amide bonds. The fraction of sp³-hybridized carbons (Fsp3) is 0.500. The van der Waals surface area contributed by atoms with E-state index >= 15 is 0 Å². The van der Waals surface area contributed by atoms with E-state index in [0.29, 0.717) is 0 Å². The van der Waals surface area contributed by atoms with E-state index in [0.717, 1.165) is 12.3 Å². The highest BCUT2D eigenvalue weighted by Crippen LogP contribution is 1.73. The van der Waals surface area contributed by atoms with Crippen molar-refractivity contribution in [2.24, 2.45) is 15.2 Å². The van der Waals surface area contributed by atoms with Gasteiger partial charge in [-0.25, -0.2) is 0 Å². The first-order valence-electron chi connectivity index (χ1n) is 2.81. The molecule has 0 aromatic rings. The van der Waals surface area contributed by atoms with E-state index in [9.17, 15) is 0 Å². The lowest BCUT2D eigenvalue weighted by Crippen LogP contribution is -1.91. The Labute approximate surface area is 55.2 Å². The van der Waals surface area contributed by atoms with Crippen molar-refractivity contribution in [2.75, 3.05) is 6.54 Å². The Morgan fingerprint density at radius 3 is 2.78 bits per heavy atom. The first-order chi connectivity index (χ1) is 4.31. The van der Waals surface area contributed by atoms with Gasteiger partial charge in [0.15, 0.2) is 0 Å². The molecular formula is C6H11N3. The van der Waals surface area contributed by atoms with Crippen LogP contribution in [0.15, 0.2) is 15.2 Å². The van der Waals surface area contributed by atoms with Gasteiger partial charge in [-0.2, -0.15) is 10.2 Å². The van der Waals surface area contributed by atoms with Gasteiger partial charge in [-0.15, -0.1) is 0 Å². The maximum atomic E-state index is 4.04. The predicted octanol–water partition coefficient (Wildman–Crippen LogP) is 1.15. The largest absolute Gasteiger partial charge is 0.289 e. The van der Waals surface area contributed by atoms with Crippen LogP contribution in [0.4, 0.5) is 0 Å². The van der Waals surface area contributed by atoms with Crippen LogP contribution in [-0.4, -0.2) is 25.2 Å². The van der Waals surface area contributed by atoms with E-state index in [-0.39, 0.29) is 0 Å². The van der Waals surface area contributed by atoms with Crippen LogP contribution in [0.5, 0.6) is 0 Å². The fourth-order valence-electron chi connectivity index (χ4n) is 0.415. The highest BCUT2D eigenvalue weighted by atomic mass is 15.2. The molecule has 0 spiro atoms. The minimum atomic E-state index is 0.787. The smallest absolute Gasteiger partial charge is 0.0703 e. The van der Waals surface area contributed by atoms with Crippen molar-refractivity contribution in [3.63, 3.8) is 0 Å². The predicted molar refractivity (Wildman–Crippen MR) is 41.7 cm³/mol. The average molecular weight is 125 g/mol. The van der Waals surface area contributed by atoms with Gasteiger partial charge in [0.05, 0.1) is 11.9 Å². The lowest BCUT2D eigenvalue weighted by molar-refractivity contribution is 1.13. The Hall–Kier alpha value is -0.990. The molecule has 0 atom stereocenters. The summed E-state index contributed by atoms with van der Waals surface area (Å²) in [6.07, 6.45) is 1.58. The molecule has 0 unspecified atom stereocenters. The van der Waals surface area contributed by atoms with E-state index in [2.05, 4.69) is 21.9 Å². The highest BCUT2D eigenvalue weighted by molar-refractivity contribution is 6.29. The van der Waals surface area contributed by atoms with Crippen molar-refractivity contribution in [3.05, 3.63) is 0 Å². The van der Waals surface area contributed by atoms with Crippen molar-refractivity contribution < 1.29 is 0 Å². The zero-order chi connectivity index (χ0) is 7.11. The zero-order valence-electron chi connectivity index (χ0n) is 5.83. The van der Waals surface area contributed by atoms with Gasteiger partial charge < -0.3 is 0 Å². The Kier molecular flexibility index (Phi) is 4.59. The second kappa shape index (κ2) is 5.15. The summed E-state index contributed by atoms with van der Waals surface area (Å²) in [6.45, 7) is 7.82. The maximum Gasteiger partial charge on any atom is 0.0703 e. The first kappa shape index (κ1) is 8.01. The van der Waals surface area contributed by atoms with Crippen molar-refractivity contribution in [3.8, 4) is 0 Å². The number of hydrogen-bond donors (Lipinski definition) is 0. The second-order valence-electron chi connectivity index (χ2n) is 1.50. The maximum absolute atomic E-state index is 4.04. The Morgan fingerprint density at radius 1 is 1.67 bits per heavy atom. The van der Waals surface area contributed by atoms with Gasteiger partial charge in [0, 0.05) is 13.3 Å². The van der Waals surface area contributed by atoms with Crippen molar-refractivity contribution in [1.29, 1.82) is 0 Å². The molecule has 9 heavy (non-hydrogen) atoms. The normalized spacial score (nSPS) is 12.4. The van der Waals surface area contributed by atoms with Crippen LogP contribution in [0.1, 0.15) is 13.8 Å². The molecule has 50 valence electrons. The third-order valence-electron chi connectivity index (χ3n) is 0.734. The lowest BCUT2D eigenvalue weighted by atomic mass is 10.5. The van der Waals surface area contributed by atoms with Gasteiger partial charge in [-0.05, 0) is 13.8 Å². The lowest BCUT2D eigenvalue weighted by Gasteiger charge is -1.84. The number of rotatable bonds is 3. The average Bonchev–Trinajstić information content (AvgIpc) is 1.85. The summed E-state index contributed by atoms with van der Waals surface area (Å²) < 4.78 is 0. The summed E-state index contributed by atoms with van der Waals surface area (Å²) in [5.74, 6) is 0. The van der Waals surface area contributed by atoms with Gasteiger partial charge in [0.2, 0.25) is 0 Å². The number of nitrogens with zero attached hydrogens (tertiary/aromatic N) is 3. The van der Waals surface area contributed by atoms with Gasteiger partial charge in [-0.1, -0.05) is 0 Å². The molecule has 0 aliphatic rings. The highest BCUT2D eigenvalue weighted by Gasteiger charge is 1.78. The number of aliphatic imine (C=N–C) groups is 1. The molecule has 0 fully saturated rings. The van der Waals surface area contributed by atoms with Crippen molar-refractivity contribution >= 4 is 18.6 Å². The SMILES string of the molecule is C=N/N=C/C(C)=N\CC. The van der Waals surface area contributed by atoms with E-state index in [4.69, 9.17) is 0 Å². The summed E-state index contributed by atoms with van der Waals surface area (Å²) in [4.78, 5) is 4.04. The molecule has 0 aromatic carbocycles. The molecular weight excluding hydrogens is 114 g/mol. The van der Waals surface area contributed by atoms with Crippen LogP contribution in [0, 0.1) is 0 Å². The van der Waals surface area contributed by atoms with Crippen LogP contribution >= 0.6 is 0 Å². The molecule has 3 nitrogen and oxygen atoms in total. The van der Waals surface area contributed by atoms with E-state index < -0.39 is 0 Å².